The summed E-state index contributed by atoms with van der Waals surface area (Å²) in [6.45, 7) is 11.0. The van der Waals surface area contributed by atoms with Gasteiger partial charge in [-0.15, -0.1) is 6.58 Å². The van der Waals surface area contributed by atoms with Gasteiger partial charge in [-0.2, -0.15) is 0 Å². The highest BCUT2D eigenvalue weighted by Gasteiger charge is 2.61. The van der Waals surface area contributed by atoms with E-state index in [1.807, 2.05) is 80.3 Å². The smallest absolute Gasteiger partial charge is 0.330 e. The lowest BCUT2D eigenvalue weighted by Gasteiger charge is -2.36. The lowest BCUT2D eigenvalue weighted by Crippen LogP contribution is -2.54. The van der Waals surface area contributed by atoms with E-state index in [1.54, 1.807) is 7.11 Å². The Morgan fingerprint density at radius 1 is 1.08 bits per heavy atom. The Labute approximate surface area is 299 Å². The number of nitrogens with one attached hydrogen (secondary N) is 1. The minimum Gasteiger partial charge on any atom is -0.497 e. The number of benzene rings is 2. The quantitative estimate of drug-likeness (QED) is 0.252. The third-order valence-corrected chi connectivity index (χ3v) is 10.6. The minimum atomic E-state index is -1.47. The maximum absolute atomic E-state index is 14.6. The van der Waals surface area contributed by atoms with Crippen LogP contribution in [0, 0.1) is 17.3 Å². The number of likely N-dealkylation sites (tertiary alicyclic amines) is 2. The summed E-state index contributed by atoms with van der Waals surface area (Å²) >= 11 is 0. The van der Waals surface area contributed by atoms with Crippen molar-refractivity contribution in [2.24, 2.45) is 17.3 Å². The van der Waals surface area contributed by atoms with Crippen LogP contribution in [0.3, 0.4) is 0 Å². The monoisotopic (exact) mass is 696 g/mol. The van der Waals surface area contributed by atoms with Crippen molar-refractivity contribution >= 4 is 34.6 Å². The number of fused-ring (bicyclic) bond motifs is 1. The number of carbonyl (C=O) groups excluding carboxylic acids is 3. The van der Waals surface area contributed by atoms with Gasteiger partial charge in [-0.05, 0) is 43.2 Å². The van der Waals surface area contributed by atoms with Crippen molar-refractivity contribution in [1.82, 2.24) is 20.1 Å². The van der Waals surface area contributed by atoms with Crippen LogP contribution in [0.1, 0.15) is 59.3 Å². The van der Waals surface area contributed by atoms with Crippen molar-refractivity contribution in [3.8, 4) is 22.8 Å². The molecule has 3 aliphatic rings. The highest BCUT2D eigenvalue weighted by molar-refractivity contribution is 5.96. The van der Waals surface area contributed by atoms with E-state index in [1.165, 1.54) is 11.0 Å². The van der Waals surface area contributed by atoms with E-state index in [0.29, 0.717) is 35.8 Å². The van der Waals surface area contributed by atoms with Gasteiger partial charge in [-0.3, -0.25) is 14.4 Å². The molecule has 3 aromatic rings. The van der Waals surface area contributed by atoms with Gasteiger partial charge in [-0.25, -0.2) is 9.78 Å². The molecule has 1 aliphatic carbocycles. The molecule has 1 unspecified atom stereocenters. The van der Waals surface area contributed by atoms with Gasteiger partial charge in [0.2, 0.25) is 17.7 Å². The molecule has 1 saturated carbocycles. The molecule has 5 atom stereocenters. The SMILES string of the molecule is C=CC1C[C@]1(NC(=O)[C@@H]1C[C@@H](Oc2cc(-c3ccccc3)nc3cc(OC)ccc23)CN1C(=O)[C@@H](CC(=O)N1CCCCC1)C(C)(C)C)C(=O)O. The Morgan fingerprint density at radius 3 is 2.43 bits per heavy atom. The Bertz CT molecular complexity index is 1820. The van der Waals surface area contributed by atoms with E-state index < -0.39 is 46.8 Å². The number of aromatic nitrogens is 1. The molecule has 6 rings (SSSR count). The second-order valence-corrected chi connectivity index (χ2v) is 15.1. The first-order chi connectivity index (χ1) is 24.3. The number of rotatable bonds is 11. The largest absolute Gasteiger partial charge is 0.497 e. The standard InChI is InChI=1S/C40H48N4O7/c1-6-26-23-40(26,38(48)49)42-36(46)33-20-28(24-44(33)37(47)30(39(2,3)4)21-35(45)43-17-11-8-12-18-43)51-34-22-31(25-13-9-7-10-14-25)41-32-19-27(50-5)15-16-29(32)34/h6-7,9-10,13-16,19,22,26,28,30,33H,1,8,11-12,17-18,20-21,23-24H2,2-5H3,(H,42,46)(H,48,49)/t26?,28-,30-,33+,40-/m1/s1. The highest BCUT2D eigenvalue weighted by atomic mass is 16.5. The molecular weight excluding hydrogens is 648 g/mol. The van der Waals surface area contributed by atoms with Gasteiger partial charge >= 0.3 is 5.97 Å². The van der Waals surface area contributed by atoms with E-state index in [2.05, 4.69) is 11.9 Å². The van der Waals surface area contributed by atoms with Crippen LogP contribution < -0.4 is 14.8 Å². The predicted molar refractivity (Wildman–Crippen MR) is 193 cm³/mol. The molecule has 1 aromatic heterocycles. The third-order valence-electron chi connectivity index (χ3n) is 10.6. The van der Waals surface area contributed by atoms with Gasteiger partial charge in [0, 0.05) is 54.9 Å². The average Bonchev–Trinajstić information content (AvgIpc) is 3.69. The number of hydrogen-bond donors (Lipinski definition) is 2. The fourth-order valence-electron chi connectivity index (χ4n) is 7.44. The molecule has 2 aromatic carbocycles. The maximum atomic E-state index is 14.6. The lowest BCUT2D eigenvalue weighted by molar-refractivity contribution is -0.149. The maximum Gasteiger partial charge on any atom is 0.330 e. The van der Waals surface area contributed by atoms with Crippen LogP contribution in [0.5, 0.6) is 11.5 Å². The zero-order valence-electron chi connectivity index (χ0n) is 29.9. The van der Waals surface area contributed by atoms with Crippen LogP contribution in [0.4, 0.5) is 0 Å². The fraction of sp³-hybridized carbons (Fsp3) is 0.475. The summed E-state index contributed by atoms with van der Waals surface area (Å²) in [5.74, 6) is -2.07. The third kappa shape index (κ3) is 7.43. The summed E-state index contributed by atoms with van der Waals surface area (Å²) in [5, 5.41) is 13.6. The van der Waals surface area contributed by atoms with Gasteiger partial charge < -0.3 is 29.7 Å². The van der Waals surface area contributed by atoms with Crippen molar-refractivity contribution in [2.45, 2.75) is 77.0 Å². The second kappa shape index (κ2) is 14.4. The molecule has 51 heavy (non-hydrogen) atoms. The van der Waals surface area contributed by atoms with Gasteiger partial charge in [0.25, 0.3) is 0 Å². The van der Waals surface area contributed by atoms with Crippen molar-refractivity contribution in [3.63, 3.8) is 0 Å². The molecule has 11 heteroatoms. The zero-order chi connectivity index (χ0) is 36.5. The average molecular weight is 697 g/mol. The number of methoxy groups -OCH3 is 1. The van der Waals surface area contributed by atoms with E-state index in [9.17, 15) is 24.3 Å². The Morgan fingerprint density at radius 2 is 1.80 bits per heavy atom. The Kier molecular flexibility index (Phi) is 10.1. The van der Waals surface area contributed by atoms with Crippen LogP contribution in [0.25, 0.3) is 22.2 Å². The predicted octanol–water partition coefficient (Wildman–Crippen LogP) is 5.47. The number of carboxylic acids is 1. The molecule has 0 radical (unpaired) electrons. The van der Waals surface area contributed by atoms with Gasteiger partial charge in [-0.1, -0.05) is 57.2 Å². The molecule has 2 saturated heterocycles. The fourth-order valence-corrected chi connectivity index (χ4v) is 7.44. The molecule has 0 bridgehead atoms. The molecular formula is C40H48N4O7. The number of nitrogens with zero attached hydrogens (tertiary/aromatic N) is 3. The zero-order valence-corrected chi connectivity index (χ0v) is 29.9. The highest BCUT2D eigenvalue weighted by Crippen LogP contribution is 2.45. The molecule has 3 heterocycles. The molecule has 0 spiro atoms. The van der Waals surface area contributed by atoms with Gasteiger partial charge in [0.15, 0.2) is 0 Å². The summed E-state index contributed by atoms with van der Waals surface area (Å²) < 4.78 is 12.2. The van der Waals surface area contributed by atoms with Crippen molar-refractivity contribution in [2.75, 3.05) is 26.7 Å². The van der Waals surface area contributed by atoms with Crippen LogP contribution in [-0.4, -0.2) is 88.0 Å². The summed E-state index contributed by atoms with van der Waals surface area (Å²) in [5.41, 5.74) is 0.162. The van der Waals surface area contributed by atoms with Gasteiger partial charge in [0.1, 0.15) is 29.2 Å². The van der Waals surface area contributed by atoms with E-state index in [0.717, 1.165) is 30.2 Å². The van der Waals surface area contributed by atoms with E-state index in [-0.39, 0.29) is 37.6 Å². The second-order valence-electron chi connectivity index (χ2n) is 15.1. The number of hydrogen-bond acceptors (Lipinski definition) is 7. The number of pyridine rings is 1. The van der Waals surface area contributed by atoms with Gasteiger partial charge in [0.05, 0.1) is 30.8 Å². The van der Waals surface area contributed by atoms with E-state index >= 15 is 0 Å². The lowest BCUT2D eigenvalue weighted by atomic mass is 9.77. The number of amides is 3. The minimum absolute atomic E-state index is 0.0214. The molecule has 3 amide bonds. The topological polar surface area (TPSA) is 138 Å². The number of aliphatic carboxylic acids is 1. The number of carbonyl (C=O) groups is 4. The molecule has 2 aliphatic heterocycles. The van der Waals surface area contributed by atoms with Crippen molar-refractivity contribution in [1.29, 1.82) is 0 Å². The molecule has 3 fully saturated rings. The first kappa shape index (κ1) is 35.9. The van der Waals surface area contributed by atoms with Crippen LogP contribution in [-0.2, 0) is 19.2 Å². The summed E-state index contributed by atoms with van der Waals surface area (Å²) in [4.78, 5) is 62.8. The first-order valence-electron chi connectivity index (χ1n) is 17.8. The molecule has 11 nitrogen and oxygen atoms in total. The van der Waals surface area contributed by atoms with Crippen molar-refractivity contribution < 1.29 is 33.8 Å². The number of piperidine rings is 1. The number of carboxylic acid groups (broad SMARTS) is 1. The summed E-state index contributed by atoms with van der Waals surface area (Å²) in [6, 6.07) is 16.1. The first-order valence-corrected chi connectivity index (χ1v) is 17.8. The summed E-state index contributed by atoms with van der Waals surface area (Å²) in [7, 11) is 1.59. The normalized spacial score (nSPS) is 23.7. The Hall–Kier alpha value is -4.93. The molecule has 2 N–H and O–H groups in total. The molecule has 270 valence electrons. The van der Waals surface area contributed by atoms with Crippen LogP contribution in [0.2, 0.25) is 0 Å². The summed E-state index contributed by atoms with van der Waals surface area (Å²) in [6.07, 6.45) is 4.25. The van der Waals surface area contributed by atoms with E-state index in [4.69, 9.17) is 14.5 Å². The van der Waals surface area contributed by atoms with Crippen molar-refractivity contribution in [3.05, 3.63) is 67.3 Å². The Balaban J connectivity index is 1.33. The van der Waals surface area contributed by atoms with Crippen LogP contribution >= 0.6 is 0 Å². The number of ether oxygens (including phenoxy) is 2. The van der Waals surface area contributed by atoms with Crippen LogP contribution in [0.15, 0.2) is 67.3 Å².